The molecular weight excluding hydrogens is 203 g/mol. The van der Waals surface area contributed by atoms with Crippen molar-refractivity contribution < 1.29 is 4.39 Å². The minimum absolute atomic E-state index is 0.102. The van der Waals surface area contributed by atoms with E-state index < -0.39 is 0 Å². The van der Waals surface area contributed by atoms with E-state index in [0.29, 0.717) is 0 Å². The van der Waals surface area contributed by atoms with Crippen LogP contribution in [-0.2, 0) is 6.54 Å². The minimum Gasteiger partial charge on any atom is -0.324 e. The fourth-order valence-electron chi connectivity index (χ4n) is 2.16. The van der Waals surface area contributed by atoms with Gasteiger partial charge in [-0.25, -0.2) is 4.39 Å². The Bertz CT molecular complexity index is 357. The Morgan fingerprint density at radius 1 is 1.38 bits per heavy atom. The molecule has 1 aliphatic rings. The van der Waals surface area contributed by atoms with Crippen molar-refractivity contribution in [1.29, 1.82) is 0 Å². The van der Waals surface area contributed by atoms with Crippen LogP contribution in [0.1, 0.15) is 36.9 Å². The maximum absolute atomic E-state index is 13.8. The van der Waals surface area contributed by atoms with Gasteiger partial charge in [-0.15, -0.1) is 0 Å². The predicted molar refractivity (Wildman–Crippen MR) is 63.5 cm³/mol. The van der Waals surface area contributed by atoms with Crippen LogP contribution in [0.15, 0.2) is 18.2 Å². The average Bonchev–Trinajstić information content (AvgIpc) is 2.73. The summed E-state index contributed by atoms with van der Waals surface area (Å²) in [4.78, 5) is 2.30. The van der Waals surface area contributed by atoms with Crippen LogP contribution in [0.4, 0.5) is 4.39 Å². The second-order valence-electron chi connectivity index (χ2n) is 4.62. The molecule has 0 spiro atoms. The van der Waals surface area contributed by atoms with Gasteiger partial charge in [-0.1, -0.05) is 12.1 Å². The van der Waals surface area contributed by atoms with E-state index in [0.717, 1.165) is 30.8 Å². The van der Waals surface area contributed by atoms with Gasteiger partial charge < -0.3 is 5.73 Å². The molecule has 1 aromatic carbocycles. The number of benzene rings is 1. The monoisotopic (exact) mass is 222 g/mol. The van der Waals surface area contributed by atoms with Gasteiger partial charge in [0.2, 0.25) is 0 Å². The molecule has 1 unspecified atom stereocenters. The lowest BCUT2D eigenvalue weighted by atomic mass is 10.1. The molecular formula is C13H19FN2. The lowest BCUT2D eigenvalue weighted by molar-refractivity contribution is 0.325. The summed E-state index contributed by atoms with van der Waals surface area (Å²) in [5, 5.41) is 0. The number of halogens is 1. The van der Waals surface area contributed by atoms with E-state index in [2.05, 4.69) is 4.90 Å². The molecule has 16 heavy (non-hydrogen) atoms. The normalized spacial score (nSPS) is 18.9. The topological polar surface area (TPSA) is 29.3 Å². The Hall–Kier alpha value is -0.930. The molecule has 0 amide bonds. The van der Waals surface area contributed by atoms with Gasteiger partial charge in [-0.2, -0.15) is 0 Å². The lowest BCUT2D eigenvalue weighted by Gasteiger charge is -2.16. The molecule has 88 valence electrons. The first-order valence-electron chi connectivity index (χ1n) is 5.93. The third kappa shape index (κ3) is 2.60. The molecule has 0 saturated carbocycles. The van der Waals surface area contributed by atoms with Crippen LogP contribution in [0.2, 0.25) is 0 Å². The Morgan fingerprint density at radius 3 is 2.62 bits per heavy atom. The highest BCUT2D eigenvalue weighted by Crippen LogP contribution is 2.18. The van der Waals surface area contributed by atoms with E-state index in [1.54, 1.807) is 6.07 Å². The van der Waals surface area contributed by atoms with Gasteiger partial charge in [0, 0.05) is 18.2 Å². The van der Waals surface area contributed by atoms with Crippen LogP contribution in [0.25, 0.3) is 0 Å². The number of likely N-dealkylation sites (tertiary alicyclic amines) is 1. The molecule has 1 aromatic rings. The Morgan fingerprint density at radius 2 is 2.06 bits per heavy atom. The Labute approximate surface area is 96.2 Å². The quantitative estimate of drug-likeness (QED) is 0.851. The zero-order chi connectivity index (χ0) is 11.5. The van der Waals surface area contributed by atoms with Crippen LogP contribution in [0, 0.1) is 5.82 Å². The van der Waals surface area contributed by atoms with Crippen LogP contribution in [0.5, 0.6) is 0 Å². The number of hydrogen-bond donors (Lipinski definition) is 1. The first kappa shape index (κ1) is 11.6. The fraction of sp³-hybridized carbons (Fsp3) is 0.538. The molecule has 0 aliphatic carbocycles. The number of rotatable bonds is 3. The number of nitrogens with zero attached hydrogens (tertiary/aromatic N) is 1. The molecule has 1 saturated heterocycles. The smallest absolute Gasteiger partial charge is 0.128 e. The summed E-state index contributed by atoms with van der Waals surface area (Å²) >= 11 is 0. The van der Waals surface area contributed by atoms with Crippen molar-refractivity contribution in [1.82, 2.24) is 4.90 Å². The molecule has 1 fully saturated rings. The third-order valence-electron chi connectivity index (χ3n) is 3.20. The summed E-state index contributed by atoms with van der Waals surface area (Å²) in [7, 11) is 0. The van der Waals surface area contributed by atoms with E-state index in [9.17, 15) is 4.39 Å². The predicted octanol–water partition coefficient (Wildman–Crippen LogP) is 2.44. The van der Waals surface area contributed by atoms with Crippen LogP contribution < -0.4 is 5.73 Å². The minimum atomic E-state index is -0.123. The standard InChI is InChI=1S/C13H19FN2/c1-10(15)11-4-5-12(13(14)8-11)9-16-6-2-3-7-16/h4-5,8,10H,2-3,6-7,9,15H2,1H3. The van der Waals surface area contributed by atoms with Crippen molar-refractivity contribution in [3.05, 3.63) is 35.1 Å². The van der Waals surface area contributed by atoms with E-state index in [4.69, 9.17) is 5.73 Å². The first-order chi connectivity index (χ1) is 7.66. The van der Waals surface area contributed by atoms with Crippen LogP contribution >= 0.6 is 0 Å². The maximum atomic E-state index is 13.8. The molecule has 1 atom stereocenters. The van der Waals surface area contributed by atoms with Gasteiger partial charge in [0.15, 0.2) is 0 Å². The molecule has 0 radical (unpaired) electrons. The molecule has 0 aromatic heterocycles. The average molecular weight is 222 g/mol. The van der Waals surface area contributed by atoms with Crippen molar-refractivity contribution in [2.24, 2.45) is 5.73 Å². The van der Waals surface area contributed by atoms with E-state index >= 15 is 0 Å². The summed E-state index contributed by atoms with van der Waals surface area (Å²) in [6, 6.07) is 5.26. The van der Waals surface area contributed by atoms with Crippen molar-refractivity contribution in [2.45, 2.75) is 32.4 Å². The second kappa shape index (κ2) is 4.93. The maximum Gasteiger partial charge on any atom is 0.128 e. The largest absolute Gasteiger partial charge is 0.324 e. The van der Waals surface area contributed by atoms with Gasteiger partial charge >= 0.3 is 0 Å². The molecule has 2 rings (SSSR count). The van der Waals surface area contributed by atoms with Crippen LogP contribution in [-0.4, -0.2) is 18.0 Å². The fourth-order valence-corrected chi connectivity index (χ4v) is 2.16. The molecule has 1 aliphatic heterocycles. The van der Waals surface area contributed by atoms with E-state index in [1.165, 1.54) is 12.8 Å². The van der Waals surface area contributed by atoms with Crippen LogP contribution in [0.3, 0.4) is 0 Å². The molecule has 1 heterocycles. The van der Waals surface area contributed by atoms with E-state index in [1.807, 2.05) is 19.1 Å². The zero-order valence-corrected chi connectivity index (χ0v) is 9.75. The van der Waals surface area contributed by atoms with Gasteiger partial charge in [-0.05, 0) is 44.5 Å². The Kier molecular flexibility index (Phi) is 3.56. The number of hydrogen-bond acceptors (Lipinski definition) is 2. The van der Waals surface area contributed by atoms with Crippen molar-refractivity contribution in [3.8, 4) is 0 Å². The summed E-state index contributed by atoms with van der Waals surface area (Å²) in [5.74, 6) is -0.123. The Balaban J connectivity index is 2.09. The second-order valence-corrected chi connectivity index (χ2v) is 4.62. The lowest BCUT2D eigenvalue weighted by Crippen LogP contribution is -2.19. The van der Waals surface area contributed by atoms with Gasteiger partial charge in [0.25, 0.3) is 0 Å². The highest BCUT2D eigenvalue weighted by atomic mass is 19.1. The molecule has 0 bridgehead atoms. The third-order valence-corrected chi connectivity index (χ3v) is 3.20. The van der Waals surface area contributed by atoms with Crippen molar-refractivity contribution in [2.75, 3.05) is 13.1 Å². The summed E-state index contributed by atoms with van der Waals surface area (Å²) in [6.45, 7) is 4.78. The summed E-state index contributed by atoms with van der Waals surface area (Å²) in [6.07, 6.45) is 2.47. The van der Waals surface area contributed by atoms with Crippen molar-refractivity contribution in [3.63, 3.8) is 0 Å². The SMILES string of the molecule is CC(N)c1ccc(CN2CCCC2)c(F)c1. The van der Waals surface area contributed by atoms with Gasteiger partial charge in [0.05, 0.1) is 0 Å². The van der Waals surface area contributed by atoms with Crippen molar-refractivity contribution >= 4 is 0 Å². The molecule has 3 heteroatoms. The summed E-state index contributed by atoms with van der Waals surface area (Å²) < 4.78 is 13.8. The first-order valence-corrected chi connectivity index (χ1v) is 5.93. The highest BCUT2D eigenvalue weighted by molar-refractivity contribution is 5.26. The number of nitrogens with two attached hydrogens (primary N) is 1. The zero-order valence-electron chi connectivity index (χ0n) is 9.75. The highest BCUT2D eigenvalue weighted by Gasteiger charge is 2.14. The molecule has 2 nitrogen and oxygen atoms in total. The molecule has 2 N–H and O–H groups in total. The van der Waals surface area contributed by atoms with E-state index in [-0.39, 0.29) is 11.9 Å². The van der Waals surface area contributed by atoms with Gasteiger partial charge in [0.1, 0.15) is 5.82 Å². The summed E-state index contributed by atoms with van der Waals surface area (Å²) in [5.41, 5.74) is 7.37. The van der Waals surface area contributed by atoms with Gasteiger partial charge in [-0.3, -0.25) is 4.90 Å².